The van der Waals surface area contributed by atoms with E-state index < -0.39 is 0 Å². The van der Waals surface area contributed by atoms with Crippen molar-refractivity contribution in [1.29, 1.82) is 0 Å². The summed E-state index contributed by atoms with van der Waals surface area (Å²) in [4.78, 5) is 10.5. The molecule has 0 saturated carbocycles. The van der Waals surface area contributed by atoms with E-state index in [0.29, 0.717) is 0 Å². The van der Waals surface area contributed by atoms with Gasteiger partial charge in [-0.3, -0.25) is 4.79 Å². The fourth-order valence-electron chi connectivity index (χ4n) is 0.664. The Labute approximate surface area is 55.7 Å². The number of rotatable bonds is 3. The molecule has 1 unspecified atom stereocenters. The largest absolute Gasteiger partial charge is 0.369 e. The van der Waals surface area contributed by atoms with Crippen molar-refractivity contribution in [2.24, 2.45) is 11.7 Å². The van der Waals surface area contributed by atoms with Crippen molar-refractivity contribution in [3.8, 4) is 0 Å². The van der Waals surface area contributed by atoms with E-state index in [9.17, 15) is 4.79 Å². The molecule has 0 radical (unpaired) electrons. The number of hydrogen-bond acceptors (Lipinski definition) is 1. The summed E-state index contributed by atoms with van der Waals surface area (Å²) in [5, 5.41) is 0. The first-order valence-corrected chi connectivity index (χ1v) is 3.14. The molecule has 0 saturated heterocycles. The normalized spacial score (nSPS) is 14.0. The van der Waals surface area contributed by atoms with E-state index in [2.05, 4.69) is 0 Å². The van der Waals surface area contributed by atoms with Crippen molar-refractivity contribution in [2.75, 3.05) is 0 Å². The molecule has 0 fully saturated rings. The van der Waals surface area contributed by atoms with E-state index in [1.807, 2.05) is 26.0 Å². The second kappa shape index (κ2) is 4.13. The third-order valence-corrected chi connectivity index (χ3v) is 1.23. The van der Waals surface area contributed by atoms with Crippen LogP contribution in [0.25, 0.3) is 0 Å². The molecule has 9 heavy (non-hydrogen) atoms. The van der Waals surface area contributed by atoms with E-state index in [1.165, 1.54) is 0 Å². The molecule has 2 nitrogen and oxygen atoms in total. The van der Waals surface area contributed by atoms with Gasteiger partial charge in [-0.05, 0) is 13.3 Å². The number of allylic oxidation sites excluding steroid dienone is 1. The first-order valence-electron chi connectivity index (χ1n) is 3.14. The Hall–Kier alpha value is -0.790. The number of amides is 1. The number of primary amides is 1. The third-order valence-electron chi connectivity index (χ3n) is 1.23. The number of carbonyl (C=O) groups excluding carboxylic acids is 1. The highest BCUT2D eigenvalue weighted by Gasteiger charge is 2.06. The molecule has 0 bridgehead atoms. The Morgan fingerprint density at radius 2 is 2.33 bits per heavy atom. The monoisotopic (exact) mass is 127 g/mol. The first-order chi connectivity index (χ1) is 4.22. The van der Waals surface area contributed by atoms with Crippen LogP contribution in [0, 0.1) is 5.92 Å². The van der Waals surface area contributed by atoms with E-state index in [0.717, 1.165) is 6.42 Å². The van der Waals surface area contributed by atoms with Crippen LogP contribution in [0.3, 0.4) is 0 Å². The summed E-state index contributed by atoms with van der Waals surface area (Å²) in [6.07, 6.45) is 4.46. The zero-order valence-electron chi connectivity index (χ0n) is 5.92. The van der Waals surface area contributed by atoms with E-state index in [-0.39, 0.29) is 11.8 Å². The molecule has 2 heteroatoms. The average Bonchev–Trinajstić information content (AvgIpc) is 1.82. The second-order valence-electron chi connectivity index (χ2n) is 1.94. The molecule has 0 aromatic heterocycles. The number of carbonyl (C=O) groups is 1. The van der Waals surface area contributed by atoms with Gasteiger partial charge in [0.05, 0.1) is 5.92 Å². The van der Waals surface area contributed by atoms with Gasteiger partial charge in [-0.2, -0.15) is 0 Å². The van der Waals surface area contributed by atoms with Gasteiger partial charge in [0.15, 0.2) is 0 Å². The molecular formula is C7H13NO. The molecule has 0 rings (SSSR count). The Morgan fingerprint density at radius 1 is 1.78 bits per heavy atom. The van der Waals surface area contributed by atoms with E-state index >= 15 is 0 Å². The number of nitrogens with two attached hydrogens (primary N) is 1. The van der Waals surface area contributed by atoms with Gasteiger partial charge >= 0.3 is 0 Å². The van der Waals surface area contributed by atoms with Gasteiger partial charge in [-0.15, -0.1) is 0 Å². The minimum atomic E-state index is -0.240. The zero-order chi connectivity index (χ0) is 7.28. The minimum absolute atomic E-state index is 0.0741. The standard InChI is InChI=1S/C7H13NO/c1-3-5-6(4-2)7(8)9/h3,5-6H,4H2,1-2H3,(H2,8,9). The lowest BCUT2D eigenvalue weighted by Gasteiger charge is -2.01. The third kappa shape index (κ3) is 2.90. The predicted molar refractivity (Wildman–Crippen MR) is 37.8 cm³/mol. The molecule has 0 aliphatic rings. The highest BCUT2D eigenvalue weighted by molar-refractivity contribution is 5.78. The van der Waals surface area contributed by atoms with Gasteiger partial charge in [0.25, 0.3) is 0 Å². The topological polar surface area (TPSA) is 43.1 Å². The molecule has 1 amide bonds. The highest BCUT2D eigenvalue weighted by atomic mass is 16.1. The van der Waals surface area contributed by atoms with Crippen molar-refractivity contribution in [3.63, 3.8) is 0 Å². The summed E-state index contributed by atoms with van der Waals surface area (Å²) in [6, 6.07) is 0. The van der Waals surface area contributed by atoms with Crippen LogP contribution in [0.4, 0.5) is 0 Å². The smallest absolute Gasteiger partial charge is 0.224 e. The highest BCUT2D eigenvalue weighted by Crippen LogP contribution is 2.01. The van der Waals surface area contributed by atoms with Crippen LogP contribution in [0.1, 0.15) is 20.3 Å². The lowest BCUT2D eigenvalue weighted by Crippen LogP contribution is -2.20. The predicted octanol–water partition coefficient (Wildman–Crippen LogP) is 1.07. The van der Waals surface area contributed by atoms with Gasteiger partial charge < -0.3 is 5.73 Å². The number of hydrogen-bond donors (Lipinski definition) is 1. The van der Waals surface area contributed by atoms with Crippen molar-refractivity contribution >= 4 is 5.91 Å². The maximum Gasteiger partial charge on any atom is 0.224 e. The summed E-state index contributed by atoms with van der Waals surface area (Å²) in [5.74, 6) is -0.314. The lowest BCUT2D eigenvalue weighted by molar-refractivity contribution is -0.120. The molecule has 0 aliphatic carbocycles. The van der Waals surface area contributed by atoms with Crippen LogP contribution >= 0.6 is 0 Å². The summed E-state index contributed by atoms with van der Waals surface area (Å²) in [6.45, 7) is 3.82. The average molecular weight is 127 g/mol. The van der Waals surface area contributed by atoms with Crippen molar-refractivity contribution in [1.82, 2.24) is 0 Å². The van der Waals surface area contributed by atoms with Crippen LogP contribution in [-0.4, -0.2) is 5.91 Å². The molecular weight excluding hydrogens is 114 g/mol. The Balaban J connectivity index is 3.83. The second-order valence-corrected chi connectivity index (χ2v) is 1.94. The molecule has 52 valence electrons. The lowest BCUT2D eigenvalue weighted by atomic mass is 10.1. The minimum Gasteiger partial charge on any atom is -0.369 e. The quantitative estimate of drug-likeness (QED) is 0.566. The van der Waals surface area contributed by atoms with Crippen LogP contribution in [0.5, 0.6) is 0 Å². The van der Waals surface area contributed by atoms with Gasteiger partial charge in [0, 0.05) is 0 Å². The Morgan fingerprint density at radius 3 is 2.44 bits per heavy atom. The van der Waals surface area contributed by atoms with Crippen LogP contribution in [0.15, 0.2) is 12.2 Å². The van der Waals surface area contributed by atoms with Crippen molar-refractivity contribution < 1.29 is 4.79 Å². The van der Waals surface area contributed by atoms with Gasteiger partial charge in [0.2, 0.25) is 5.91 Å². The summed E-state index contributed by atoms with van der Waals surface area (Å²) in [7, 11) is 0. The van der Waals surface area contributed by atoms with Crippen molar-refractivity contribution in [2.45, 2.75) is 20.3 Å². The molecule has 0 aromatic carbocycles. The zero-order valence-corrected chi connectivity index (χ0v) is 5.92. The van der Waals surface area contributed by atoms with Gasteiger partial charge in [-0.25, -0.2) is 0 Å². The fourth-order valence-corrected chi connectivity index (χ4v) is 0.664. The van der Waals surface area contributed by atoms with E-state index in [4.69, 9.17) is 5.73 Å². The molecule has 1 atom stereocenters. The first kappa shape index (κ1) is 8.21. The molecule has 0 spiro atoms. The van der Waals surface area contributed by atoms with Crippen LogP contribution in [-0.2, 0) is 4.79 Å². The van der Waals surface area contributed by atoms with Crippen molar-refractivity contribution in [3.05, 3.63) is 12.2 Å². The van der Waals surface area contributed by atoms with E-state index in [1.54, 1.807) is 0 Å². The Bertz CT molecular complexity index is 118. The Kier molecular flexibility index (Phi) is 3.76. The maximum absolute atomic E-state index is 10.5. The maximum atomic E-state index is 10.5. The van der Waals surface area contributed by atoms with Gasteiger partial charge in [-0.1, -0.05) is 19.1 Å². The van der Waals surface area contributed by atoms with Gasteiger partial charge in [0.1, 0.15) is 0 Å². The van der Waals surface area contributed by atoms with Crippen LogP contribution in [0.2, 0.25) is 0 Å². The molecule has 0 aliphatic heterocycles. The molecule has 2 N–H and O–H groups in total. The summed E-state index contributed by atoms with van der Waals surface area (Å²) < 4.78 is 0. The summed E-state index contributed by atoms with van der Waals surface area (Å²) >= 11 is 0. The molecule has 0 aromatic rings. The SMILES string of the molecule is CC=CC(CC)C(N)=O. The molecule has 0 heterocycles. The summed E-state index contributed by atoms with van der Waals surface area (Å²) in [5.41, 5.74) is 5.04. The fraction of sp³-hybridized carbons (Fsp3) is 0.571. The van der Waals surface area contributed by atoms with Crippen LogP contribution < -0.4 is 5.73 Å².